The minimum Gasteiger partial charge on any atom is -0.508 e. The summed E-state index contributed by atoms with van der Waals surface area (Å²) >= 11 is 0. The average Bonchev–Trinajstić information content (AvgIpc) is 2.18. The van der Waals surface area contributed by atoms with Gasteiger partial charge in [-0.2, -0.15) is 0 Å². The van der Waals surface area contributed by atoms with Crippen molar-refractivity contribution in [1.82, 2.24) is 0 Å². The summed E-state index contributed by atoms with van der Waals surface area (Å²) in [6.07, 6.45) is 1.51. The number of phenolic OH excluding ortho intramolecular Hbond substituents is 1. The second-order valence-electron chi connectivity index (χ2n) is 2.28. The summed E-state index contributed by atoms with van der Waals surface area (Å²) in [6, 6.07) is 6.66. The van der Waals surface area contributed by atoms with Crippen LogP contribution in [0.4, 0.5) is 0 Å². The van der Waals surface area contributed by atoms with Crippen molar-refractivity contribution in [1.29, 1.82) is 0 Å². The lowest BCUT2D eigenvalue weighted by atomic mass is 10.3. The Hall–Kier alpha value is -1.51. The minimum absolute atomic E-state index is 0.231. The van der Waals surface area contributed by atoms with Crippen LogP contribution in [0.2, 0.25) is 0 Å². The molecule has 0 spiro atoms. The first-order valence-corrected chi connectivity index (χ1v) is 4.01. The van der Waals surface area contributed by atoms with Gasteiger partial charge in [-0.3, -0.25) is 0 Å². The Morgan fingerprint density at radius 2 is 2.15 bits per heavy atom. The van der Waals surface area contributed by atoms with Crippen LogP contribution in [0.25, 0.3) is 0 Å². The van der Waals surface area contributed by atoms with Crippen molar-refractivity contribution in [2.24, 2.45) is 0 Å². The first kappa shape index (κ1) is 11.5. The molecule has 0 aromatic heterocycles. The zero-order valence-electron chi connectivity index (χ0n) is 7.86. The predicted molar refractivity (Wildman–Crippen MR) is 51.0 cm³/mol. The molecule has 0 saturated heterocycles. The molecule has 0 heterocycles. The van der Waals surface area contributed by atoms with Gasteiger partial charge in [-0.15, -0.1) is 0 Å². The SMILES string of the molecule is CCC=O.COc1cccc(O)c1. The molecule has 3 nitrogen and oxygen atoms in total. The zero-order valence-corrected chi connectivity index (χ0v) is 7.86. The van der Waals surface area contributed by atoms with Crippen LogP contribution in [0.15, 0.2) is 24.3 Å². The van der Waals surface area contributed by atoms with E-state index in [-0.39, 0.29) is 5.75 Å². The molecule has 1 N–H and O–H groups in total. The Balaban J connectivity index is 0.000000310. The highest BCUT2D eigenvalue weighted by Gasteiger charge is 1.88. The van der Waals surface area contributed by atoms with Crippen LogP contribution in [0.1, 0.15) is 13.3 Å². The van der Waals surface area contributed by atoms with E-state index in [9.17, 15) is 4.79 Å². The van der Waals surface area contributed by atoms with Crippen LogP contribution < -0.4 is 4.74 Å². The molecule has 0 radical (unpaired) electrons. The van der Waals surface area contributed by atoms with E-state index in [0.29, 0.717) is 12.2 Å². The fourth-order valence-corrected chi connectivity index (χ4v) is 0.610. The molecule has 13 heavy (non-hydrogen) atoms. The fourth-order valence-electron chi connectivity index (χ4n) is 0.610. The maximum Gasteiger partial charge on any atom is 0.122 e. The van der Waals surface area contributed by atoms with Gasteiger partial charge in [0, 0.05) is 12.5 Å². The van der Waals surface area contributed by atoms with E-state index in [4.69, 9.17) is 9.84 Å². The predicted octanol–water partition coefficient (Wildman–Crippen LogP) is 2.00. The van der Waals surface area contributed by atoms with Gasteiger partial charge in [0.05, 0.1) is 7.11 Å². The van der Waals surface area contributed by atoms with E-state index in [1.807, 2.05) is 6.92 Å². The Labute approximate surface area is 78.0 Å². The van der Waals surface area contributed by atoms with E-state index >= 15 is 0 Å². The van der Waals surface area contributed by atoms with Crippen LogP contribution in [-0.4, -0.2) is 18.5 Å². The number of benzene rings is 1. The molecule has 1 rings (SSSR count). The van der Waals surface area contributed by atoms with Gasteiger partial charge in [-0.1, -0.05) is 13.0 Å². The Bertz CT molecular complexity index is 246. The van der Waals surface area contributed by atoms with Crippen LogP contribution >= 0.6 is 0 Å². The fraction of sp³-hybridized carbons (Fsp3) is 0.300. The molecule has 0 fully saturated rings. The van der Waals surface area contributed by atoms with E-state index in [0.717, 1.165) is 6.29 Å². The summed E-state index contributed by atoms with van der Waals surface area (Å²) in [5.41, 5.74) is 0. The Kier molecular flexibility index (Phi) is 6.32. The highest BCUT2D eigenvalue weighted by Crippen LogP contribution is 2.16. The summed E-state index contributed by atoms with van der Waals surface area (Å²) in [5.74, 6) is 0.907. The number of carbonyl (C=O) groups is 1. The maximum absolute atomic E-state index is 9.17. The number of aldehydes is 1. The van der Waals surface area contributed by atoms with Gasteiger partial charge in [-0.05, 0) is 12.1 Å². The van der Waals surface area contributed by atoms with Crippen molar-refractivity contribution in [2.45, 2.75) is 13.3 Å². The summed E-state index contributed by atoms with van der Waals surface area (Å²) in [5, 5.41) is 8.86. The van der Waals surface area contributed by atoms with Crippen LogP contribution in [0.5, 0.6) is 11.5 Å². The molecule has 0 aliphatic carbocycles. The van der Waals surface area contributed by atoms with Gasteiger partial charge in [-0.25, -0.2) is 0 Å². The van der Waals surface area contributed by atoms with Crippen molar-refractivity contribution < 1.29 is 14.6 Å². The Morgan fingerprint density at radius 1 is 1.54 bits per heavy atom. The lowest BCUT2D eigenvalue weighted by Gasteiger charge is -1.97. The normalized spacial score (nSPS) is 8.15. The molecule has 0 atom stereocenters. The molecule has 0 aliphatic heterocycles. The lowest BCUT2D eigenvalue weighted by Crippen LogP contribution is -1.79. The summed E-state index contributed by atoms with van der Waals surface area (Å²) < 4.78 is 4.84. The van der Waals surface area contributed by atoms with Gasteiger partial charge in [0.25, 0.3) is 0 Å². The van der Waals surface area contributed by atoms with E-state index < -0.39 is 0 Å². The van der Waals surface area contributed by atoms with Crippen molar-refractivity contribution in [3.05, 3.63) is 24.3 Å². The number of carbonyl (C=O) groups excluding carboxylic acids is 1. The molecule has 0 amide bonds. The van der Waals surface area contributed by atoms with E-state index in [2.05, 4.69) is 0 Å². The molecule has 0 saturated carbocycles. The van der Waals surface area contributed by atoms with Crippen molar-refractivity contribution >= 4 is 6.29 Å². The molecule has 0 aliphatic rings. The van der Waals surface area contributed by atoms with Crippen molar-refractivity contribution in [3.8, 4) is 11.5 Å². The molecule has 72 valence electrons. The number of phenols is 1. The van der Waals surface area contributed by atoms with Crippen LogP contribution in [0.3, 0.4) is 0 Å². The highest BCUT2D eigenvalue weighted by atomic mass is 16.5. The number of ether oxygens (including phenoxy) is 1. The number of hydrogen-bond acceptors (Lipinski definition) is 3. The minimum atomic E-state index is 0.231. The van der Waals surface area contributed by atoms with Gasteiger partial charge in [0.15, 0.2) is 0 Å². The summed E-state index contributed by atoms with van der Waals surface area (Å²) in [6.45, 7) is 1.81. The Morgan fingerprint density at radius 3 is 2.46 bits per heavy atom. The first-order chi connectivity index (χ1) is 6.24. The monoisotopic (exact) mass is 182 g/mol. The number of methoxy groups -OCH3 is 1. The molecule has 1 aromatic rings. The maximum atomic E-state index is 9.17. The molecular formula is C10H14O3. The van der Waals surface area contributed by atoms with Gasteiger partial charge < -0.3 is 14.6 Å². The van der Waals surface area contributed by atoms with Gasteiger partial charge >= 0.3 is 0 Å². The largest absolute Gasteiger partial charge is 0.508 e. The van der Waals surface area contributed by atoms with E-state index in [1.165, 1.54) is 0 Å². The van der Waals surface area contributed by atoms with Crippen LogP contribution in [0, 0.1) is 0 Å². The first-order valence-electron chi connectivity index (χ1n) is 4.01. The quantitative estimate of drug-likeness (QED) is 0.711. The third kappa shape index (κ3) is 5.73. The topological polar surface area (TPSA) is 46.5 Å². The molecule has 1 aromatic carbocycles. The highest BCUT2D eigenvalue weighted by molar-refractivity contribution is 5.48. The number of aromatic hydroxyl groups is 1. The summed E-state index contributed by atoms with van der Waals surface area (Å²) in [7, 11) is 1.56. The third-order valence-corrected chi connectivity index (χ3v) is 1.22. The van der Waals surface area contributed by atoms with Crippen LogP contribution in [-0.2, 0) is 4.79 Å². The molecule has 3 heteroatoms. The average molecular weight is 182 g/mol. The van der Waals surface area contributed by atoms with Gasteiger partial charge in [0.1, 0.15) is 17.8 Å². The summed E-state index contributed by atoms with van der Waals surface area (Å²) in [4.78, 5) is 9.17. The second kappa shape index (κ2) is 7.16. The molecule has 0 bridgehead atoms. The van der Waals surface area contributed by atoms with Crippen molar-refractivity contribution in [2.75, 3.05) is 7.11 Å². The standard InChI is InChI=1S/C7H8O2.C3H6O/c1-9-7-4-2-3-6(8)5-7;1-2-3-4/h2-5,8H,1H3;3H,2H2,1H3. The van der Waals surface area contributed by atoms with Crippen molar-refractivity contribution in [3.63, 3.8) is 0 Å². The van der Waals surface area contributed by atoms with E-state index in [1.54, 1.807) is 31.4 Å². The number of rotatable bonds is 2. The molecular weight excluding hydrogens is 168 g/mol. The zero-order chi connectivity index (χ0) is 10.1. The lowest BCUT2D eigenvalue weighted by molar-refractivity contribution is -0.107. The second-order valence-corrected chi connectivity index (χ2v) is 2.28. The number of hydrogen-bond donors (Lipinski definition) is 1. The third-order valence-electron chi connectivity index (χ3n) is 1.22. The smallest absolute Gasteiger partial charge is 0.122 e. The molecule has 0 unspecified atom stereocenters. The van der Waals surface area contributed by atoms with Gasteiger partial charge in [0.2, 0.25) is 0 Å².